The Morgan fingerprint density at radius 3 is 2.50 bits per heavy atom. The van der Waals surface area contributed by atoms with Crippen molar-refractivity contribution in [1.29, 1.82) is 0 Å². The first-order valence-corrected chi connectivity index (χ1v) is 3.96. The molecule has 10 heavy (non-hydrogen) atoms. The summed E-state index contributed by atoms with van der Waals surface area (Å²) in [4.78, 5) is 6.72. The van der Waals surface area contributed by atoms with Crippen molar-refractivity contribution in [1.82, 2.24) is 4.90 Å². The molecular weight excluding hydrogens is 124 g/mol. The summed E-state index contributed by atoms with van der Waals surface area (Å²) in [5, 5.41) is 0. The van der Waals surface area contributed by atoms with E-state index in [-0.39, 0.29) is 0 Å². The molecule has 1 rings (SSSR count). The predicted molar refractivity (Wildman–Crippen MR) is 44.7 cm³/mol. The van der Waals surface area contributed by atoms with Gasteiger partial charge in [-0.1, -0.05) is 0 Å². The van der Waals surface area contributed by atoms with Crippen molar-refractivity contribution in [3.63, 3.8) is 0 Å². The molecule has 2 nitrogen and oxygen atoms in total. The monoisotopic (exact) mass is 140 g/mol. The fourth-order valence-electron chi connectivity index (χ4n) is 1.21. The topological polar surface area (TPSA) is 15.6 Å². The molecule has 1 heterocycles. The van der Waals surface area contributed by atoms with Crippen LogP contribution in [0.2, 0.25) is 0 Å². The minimum atomic E-state index is 0.590. The van der Waals surface area contributed by atoms with Gasteiger partial charge in [0.15, 0.2) is 0 Å². The molecule has 1 fully saturated rings. The van der Waals surface area contributed by atoms with E-state index in [2.05, 4.69) is 23.7 Å². The van der Waals surface area contributed by atoms with Crippen molar-refractivity contribution < 1.29 is 0 Å². The maximum Gasteiger partial charge on any atom is 0.0749 e. The van der Waals surface area contributed by atoms with Gasteiger partial charge in [0, 0.05) is 19.1 Å². The fourth-order valence-corrected chi connectivity index (χ4v) is 1.21. The molecule has 0 aromatic heterocycles. The van der Waals surface area contributed by atoms with Gasteiger partial charge in [-0.3, -0.25) is 9.89 Å². The van der Waals surface area contributed by atoms with Crippen molar-refractivity contribution >= 4 is 6.21 Å². The Morgan fingerprint density at radius 1 is 1.50 bits per heavy atom. The Labute approximate surface area is 62.9 Å². The molecule has 0 saturated carbocycles. The molecule has 0 unspecified atom stereocenters. The lowest BCUT2D eigenvalue weighted by atomic mass is 10.1. The van der Waals surface area contributed by atoms with Crippen LogP contribution in [0.15, 0.2) is 4.99 Å². The summed E-state index contributed by atoms with van der Waals surface area (Å²) < 4.78 is 0. The summed E-state index contributed by atoms with van der Waals surface area (Å²) in [6.45, 7) is 8.75. The first-order valence-electron chi connectivity index (χ1n) is 3.96. The second-order valence-corrected chi connectivity index (χ2v) is 3.11. The Morgan fingerprint density at radius 2 is 2.10 bits per heavy atom. The van der Waals surface area contributed by atoms with Crippen LogP contribution in [0.3, 0.4) is 0 Å². The van der Waals surface area contributed by atoms with E-state index in [1.165, 1.54) is 0 Å². The van der Waals surface area contributed by atoms with Gasteiger partial charge in [-0.25, -0.2) is 0 Å². The van der Waals surface area contributed by atoms with Gasteiger partial charge in [0.05, 0.1) is 6.04 Å². The van der Waals surface area contributed by atoms with Crippen LogP contribution in [-0.2, 0) is 0 Å². The number of aliphatic imine (C=N–C) groups is 1. The van der Waals surface area contributed by atoms with E-state index in [9.17, 15) is 0 Å². The molecule has 1 aliphatic rings. The molecule has 0 spiro atoms. The van der Waals surface area contributed by atoms with Crippen LogP contribution in [0.5, 0.6) is 0 Å². The zero-order chi connectivity index (χ0) is 7.56. The smallest absolute Gasteiger partial charge is 0.0749 e. The van der Waals surface area contributed by atoms with Gasteiger partial charge >= 0.3 is 0 Å². The van der Waals surface area contributed by atoms with E-state index in [0.29, 0.717) is 12.1 Å². The summed E-state index contributed by atoms with van der Waals surface area (Å²) in [6, 6.07) is 1.29. The second-order valence-electron chi connectivity index (χ2n) is 3.11. The van der Waals surface area contributed by atoms with E-state index in [0.717, 1.165) is 13.1 Å². The van der Waals surface area contributed by atoms with Gasteiger partial charge in [0.25, 0.3) is 0 Å². The first-order chi connectivity index (χ1) is 4.74. The molecule has 0 amide bonds. The van der Waals surface area contributed by atoms with Gasteiger partial charge in [-0.15, -0.1) is 0 Å². The molecule has 0 aliphatic carbocycles. The zero-order valence-corrected chi connectivity index (χ0v) is 7.04. The minimum absolute atomic E-state index is 0.590. The van der Waals surface area contributed by atoms with E-state index in [1.807, 2.05) is 13.1 Å². The van der Waals surface area contributed by atoms with Crippen LogP contribution in [0.25, 0.3) is 0 Å². The Hall–Kier alpha value is -0.370. The minimum Gasteiger partial charge on any atom is -0.297 e. The number of rotatable bonds is 2. The quantitative estimate of drug-likeness (QED) is 0.526. The van der Waals surface area contributed by atoms with E-state index in [1.54, 1.807) is 0 Å². The SMILES string of the molecule is C/C=N\C1CN(C(C)C)C1. The molecule has 0 atom stereocenters. The van der Waals surface area contributed by atoms with Crippen molar-refractivity contribution in [3.05, 3.63) is 0 Å². The Balaban J connectivity index is 2.18. The van der Waals surface area contributed by atoms with Crippen LogP contribution >= 0.6 is 0 Å². The standard InChI is InChI=1S/C8H16N2/c1-4-9-8-5-10(6-8)7(2)3/h4,7-8H,5-6H2,1-3H3/b9-4-. The third-order valence-corrected chi connectivity index (χ3v) is 1.98. The van der Waals surface area contributed by atoms with Crippen LogP contribution in [0.1, 0.15) is 20.8 Å². The number of nitrogens with zero attached hydrogens (tertiary/aromatic N) is 2. The highest BCUT2D eigenvalue weighted by Crippen LogP contribution is 2.13. The molecule has 0 radical (unpaired) electrons. The van der Waals surface area contributed by atoms with Gasteiger partial charge < -0.3 is 0 Å². The van der Waals surface area contributed by atoms with Gasteiger partial charge in [0.2, 0.25) is 0 Å². The van der Waals surface area contributed by atoms with Crippen LogP contribution in [-0.4, -0.2) is 36.3 Å². The van der Waals surface area contributed by atoms with Crippen LogP contribution in [0.4, 0.5) is 0 Å². The molecule has 1 saturated heterocycles. The normalized spacial score (nSPS) is 22.4. The summed E-state index contributed by atoms with van der Waals surface area (Å²) in [6.07, 6.45) is 1.91. The largest absolute Gasteiger partial charge is 0.297 e. The van der Waals surface area contributed by atoms with Gasteiger partial charge in [0.1, 0.15) is 0 Å². The molecule has 0 aromatic rings. The highest BCUT2D eigenvalue weighted by atomic mass is 15.2. The lowest BCUT2D eigenvalue weighted by Gasteiger charge is -2.39. The number of hydrogen-bond donors (Lipinski definition) is 0. The Bertz CT molecular complexity index is 123. The van der Waals surface area contributed by atoms with Gasteiger partial charge in [-0.05, 0) is 27.0 Å². The third-order valence-electron chi connectivity index (χ3n) is 1.98. The summed E-state index contributed by atoms with van der Waals surface area (Å²) in [5.41, 5.74) is 0. The summed E-state index contributed by atoms with van der Waals surface area (Å²) in [7, 11) is 0. The van der Waals surface area contributed by atoms with Crippen molar-refractivity contribution in [3.8, 4) is 0 Å². The molecule has 0 N–H and O–H groups in total. The van der Waals surface area contributed by atoms with Crippen molar-refractivity contribution in [2.75, 3.05) is 13.1 Å². The average molecular weight is 140 g/mol. The molecule has 0 aromatic carbocycles. The molecule has 2 heteroatoms. The van der Waals surface area contributed by atoms with Crippen LogP contribution in [0, 0.1) is 0 Å². The molecule has 58 valence electrons. The van der Waals surface area contributed by atoms with E-state index in [4.69, 9.17) is 0 Å². The van der Waals surface area contributed by atoms with Crippen LogP contribution < -0.4 is 0 Å². The second kappa shape index (κ2) is 3.15. The number of likely N-dealkylation sites (tertiary alicyclic amines) is 1. The van der Waals surface area contributed by atoms with Gasteiger partial charge in [-0.2, -0.15) is 0 Å². The number of hydrogen-bond acceptors (Lipinski definition) is 2. The van der Waals surface area contributed by atoms with E-state index < -0.39 is 0 Å². The third kappa shape index (κ3) is 1.57. The first kappa shape index (κ1) is 7.73. The average Bonchev–Trinajstić information content (AvgIpc) is 1.76. The maximum absolute atomic E-state index is 4.30. The van der Waals surface area contributed by atoms with E-state index >= 15 is 0 Å². The fraction of sp³-hybridized carbons (Fsp3) is 0.875. The lowest BCUT2D eigenvalue weighted by molar-refractivity contribution is 0.114. The molecule has 0 bridgehead atoms. The Kier molecular flexibility index (Phi) is 2.44. The van der Waals surface area contributed by atoms with Crippen molar-refractivity contribution in [2.24, 2.45) is 4.99 Å². The predicted octanol–water partition coefficient (Wildman–Crippen LogP) is 1.17. The summed E-state index contributed by atoms with van der Waals surface area (Å²) in [5.74, 6) is 0. The highest BCUT2D eigenvalue weighted by molar-refractivity contribution is 5.53. The zero-order valence-electron chi connectivity index (χ0n) is 7.04. The molecule has 1 aliphatic heterocycles. The highest BCUT2D eigenvalue weighted by Gasteiger charge is 2.26. The summed E-state index contributed by atoms with van der Waals surface area (Å²) >= 11 is 0. The maximum atomic E-state index is 4.30. The lowest BCUT2D eigenvalue weighted by Crippen LogP contribution is -2.52. The van der Waals surface area contributed by atoms with Crippen molar-refractivity contribution in [2.45, 2.75) is 32.9 Å². The molecular formula is C8H16N2.